The Balaban J connectivity index is 2.72. The van der Waals surface area contributed by atoms with Crippen molar-refractivity contribution in [1.82, 2.24) is 0 Å². The van der Waals surface area contributed by atoms with Gasteiger partial charge in [-0.25, -0.2) is 18.1 Å². The normalized spacial score (nSPS) is 37.3. The molecule has 0 saturated carbocycles. The molecule has 0 aromatic rings. The van der Waals surface area contributed by atoms with Crippen LogP contribution in [0.2, 0.25) is 0 Å². The summed E-state index contributed by atoms with van der Waals surface area (Å²) < 4.78 is 62.1. The zero-order valence-corrected chi connectivity index (χ0v) is 13.9. The fraction of sp³-hybridized carbons (Fsp3) is 1.00. The molecular weight excluding hydrogens is 392 g/mol. The SMILES string of the molecule is C[C@]1(O)CO[C@](F)(COP(=O)(O)OP(=O)(O)OP(=O)(O)O)[C@H]1O. The molecule has 0 aliphatic carbocycles. The molecule has 0 amide bonds. The minimum absolute atomic E-state index is 0.690. The number of alkyl halides is 1. The molecule has 1 aliphatic rings. The van der Waals surface area contributed by atoms with Crippen LogP contribution in [0.3, 0.4) is 0 Å². The van der Waals surface area contributed by atoms with Crippen molar-refractivity contribution in [2.75, 3.05) is 13.2 Å². The third-order valence-electron chi connectivity index (χ3n) is 2.44. The Morgan fingerprint density at radius 1 is 1.17 bits per heavy atom. The molecule has 23 heavy (non-hydrogen) atoms. The number of phosphoric ester groups is 1. The highest BCUT2D eigenvalue weighted by atomic mass is 31.3. The van der Waals surface area contributed by atoms with Gasteiger partial charge in [0.25, 0.3) is 5.85 Å². The summed E-state index contributed by atoms with van der Waals surface area (Å²) in [5.74, 6) is -3.14. The predicted molar refractivity (Wildman–Crippen MR) is 66.2 cm³/mol. The van der Waals surface area contributed by atoms with Crippen molar-refractivity contribution in [2.24, 2.45) is 0 Å². The van der Waals surface area contributed by atoms with Gasteiger partial charge in [-0.05, 0) is 6.92 Å². The largest absolute Gasteiger partial charge is 0.490 e. The first-order chi connectivity index (χ1) is 9.98. The predicted octanol–water partition coefficient (Wildman–Crippen LogP) is -0.862. The molecule has 0 radical (unpaired) electrons. The molecule has 138 valence electrons. The molecule has 13 nitrogen and oxygen atoms in total. The zero-order valence-electron chi connectivity index (χ0n) is 11.3. The maximum atomic E-state index is 14.1. The maximum absolute atomic E-state index is 14.1. The summed E-state index contributed by atoms with van der Waals surface area (Å²) in [6, 6.07) is 0. The van der Waals surface area contributed by atoms with Crippen molar-refractivity contribution >= 4 is 23.5 Å². The lowest BCUT2D eigenvalue weighted by Gasteiger charge is -2.26. The molecular formula is C6H14FO13P3. The zero-order chi connectivity index (χ0) is 18.3. The van der Waals surface area contributed by atoms with Gasteiger partial charge in [0.15, 0.2) is 0 Å². The van der Waals surface area contributed by atoms with Crippen molar-refractivity contribution in [1.29, 1.82) is 0 Å². The fourth-order valence-corrected chi connectivity index (χ4v) is 4.52. The second-order valence-corrected chi connectivity index (χ2v) is 9.12. The van der Waals surface area contributed by atoms with Crippen LogP contribution < -0.4 is 0 Å². The number of halogens is 1. The molecule has 5 atom stereocenters. The van der Waals surface area contributed by atoms with Crippen molar-refractivity contribution < 1.29 is 65.8 Å². The molecule has 1 aliphatic heterocycles. The van der Waals surface area contributed by atoms with Gasteiger partial charge in [0.2, 0.25) is 0 Å². The average Bonchev–Trinajstić information content (AvgIpc) is 2.47. The molecule has 1 heterocycles. The van der Waals surface area contributed by atoms with E-state index in [0.29, 0.717) is 0 Å². The topological polar surface area (TPSA) is 210 Å². The van der Waals surface area contributed by atoms with E-state index in [1.54, 1.807) is 0 Å². The van der Waals surface area contributed by atoms with Crippen molar-refractivity contribution in [2.45, 2.75) is 24.5 Å². The van der Waals surface area contributed by atoms with E-state index in [2.05, 4.69) is 17.9 Å². The first kappa shape index (κ1) is 21.3. The molecule has 1 saturated heterocycles. The van der Waals surface area contributed by atoms with Gasteiger partial charge in [-0.1, -0.05) is 0 Å². The molecule has 0 bridgehead atoms. The summed E-state index contributed by atoms with van der Waals surface area (Å²) in [5, 5.41) is 19.0. The molecule has 1 rings (SSSR count). The van der Waals surface area contributed by atoms with Crippen molar-refractivity contribution in [3.05, 3.63) is 0 Å². The number of phosphoric acid groups is 3. The van der Waals surface area contributed by atoms with Crippen molar-refractivity contribution in [3.63, 3.8) is 0 Å². The third kappa shape index (κ3) is 6.22. The van der Waals surface area contributed by atoms with Crippen LogP contribution in [0.5, 0.6) is 0 Å². The lowest BCUT2D eigenvalue weighted by atomic mass is 9.98. The lowest BCUT2D eigenvalue weighted by molar-refractivity contribution is -0.183. The van der Waals surface area contributed by atoms with E-state index in [9.17, 15) is 28.3 Å². The van der Waals surface area contributed by atoms with Crippen LogP contribution in [0.1, 0.15) is 6.92 Å². The minimum Gasteiger partial charge on any atom is -0.385 e. The second kappa shape index (κ2) is 6.50. The number of aliphatic hydroxyl groups is 2. The molecule has 0 aromatic carbocycles. The number of ether oxygens (including phenoxy) is 1. The Morgan fingerprint density at radius 3 is 2.09 bits per heavy atom. The van der Waals surface area contributed by atoms with E-state index >= 15 is 0 Å². The fourth-order valence-electron chi connectivity index (χ4n) is 1.48. The van der Waals surface area contributed by atoms with Crippen LogP contribution >= 0.6 is 23.5 Å². The average molecular weight is 406 g/mol. The van der Waals surface area contributed by atoms with Gasteiger partial charge < -0.3 is 34.5 Å². The molecule has 17 heteroatoms. The van der Waals surface area contributed by atoms with E-state index in [0.717, 1.165) is 6.92 Å². The summed E-state index contributed by atoms with van der Waals surface area (Å²) in [4.78, 5) is 34.6. The van der Waals surface area contributed by atoms with E-state index in [-0.39, 0.29) is 0 Å². The van der Waals surface area contributed by atoms with E-state index in [1.807, 2.05) is 0 Å². The number of hydrogen-bond acceptors (Lipinski definition) is 9. The van der Waals surface area contributed by atoms with Crippen LogP contribution in [0.25, 0.3) is 0 Å². The van der Waals surface area contributed by atoms with Gasteiger partial charge in [-0.2, -0.15) is 8.62 Å². The molecule has 6 N–H and O–H groups in total. The number of aliphatic hydroxyl groups excluding tert-OH is 1. The molecule has 0 spiro atoms. The minimum atomic E-state index is -5.74. The number of rotatable bonds is 7. The van der Waals surface area contributed by atoms with E-state index in [1.165, 1.54) is 0 Å². The van der Waals surface area contributed by atoms with Gasteiger partial charge in [0.1, 0.15) is 18.3 Å². The van der Waals surface area contributed by atoms with Crippen LogP contribution in [0.15, 0.2) is 0 Å². The van der Waals surface area contributed by atoms with E-state index < -0.39 is 54.2 Å². The summed E-state index contributed by atoms with van der Waals surface area (Å²) in [7, 11) is -16.8. The summed E-state index contributed by atoms with van der Waals surface area (Å²) in [5.41, 5.74) is -2.03. The Morgan fingerprint density at radius 2 is 1.70 bits per heavy atom. The second-order valence-electron chi connectivity index (χ2n) is 4.70. The van der Waals surface area contributed by atoms with Gasteiger partial charge in [-0.15, -0.1) is 0 Å². The Labute approximate surface area is 128 Å². The summed E-state index contributed by atoms with van der Waals surface area (Å²) in [6.45, 7) is -1.21. The summed E-state index contributed by atoms with van der Waals surface area (Å²) in [6.07, 6.45) is -2.19. The Kier molecular flexibility index (Phi) is 6.01. The third-order valence-corrected chi connectivity index (χ3v) is 6.22. The Hall–Kier alpha value is 0.220. The quantitative estimate of drug-likeness (QED) is 0.285. The monoisotopic (exact) mass is 406 g/mol. The lowest BCUT2D eigenvalue weighted by Crippen LogP contribution is -2.48. The van der Waals surface area contributed by atoms with Gasteiger partial charge in [-0.3, -0.25) is 4.52 Å². The highest BCUT2D eigenvalue weighted by Crippen LogP contribution is 2.66. The molecule has 0 aromatic heterocycles. The van der Waals surface area contributed by atoms with Crippen molar-refractivity contribution in [3.8, 4) is 0 Å². The first-order valence-electron chi connectivity index (χ1n) is 5.50. The number of hydrogen-bond donors (Lipinski definition) is 6. The maximum Gasteiger partial charge on any atom is 0.490 e. The van der Waals surface area contributed by atoms with Crippen LogP contribution in [0, 0.1) is 0 Å². The standard InChI is InChI=1S/C6H14FO13P3/c1-5(9)2-17-6(7,4(5)8)3-18-22(13,14)20-23(15,16)19-21(10,11)12/h4,8-9H,2-3H2,1H3,(H,13,14)(H,15,16)(H2,10,11,12)/t4-,5-,6+/m0/s1. The van der Waals surface area contributed by atoms with Crippen LogP contribution in [-0.2, 0) is 31.6 Å². The smallest absolute Gasteiger partial charge is 0.385 e. The van der Waals surface area contributed by atoms with E-state index in [4.69, 9.17) is 19.6 Å². The highest BCUT2D eigenvalue weighted by Gasteiger charge is 2.57. The summed E-state index contributed by atoms with van der Waals surface area (Å²) >= 11 is 0. The van der Waals surface area contributed by atoms with Gasteiger partial charge >= 0.3 is 23.5 Å². The molecule has 1 fully saturated rings. The highest BCUT2D eigenvalue weighted by molar-refractivity contribution is 7.66. The Bertz CT molecular complexity index is 586. The molecule has 2 unspecified atom stereocenters. The van der Waals surface area contributed by atoms with Crippen LogP contribution in [0.4, 0.5) is 4.39 Å². The van der Waals surface area contributed by atoms with Crippen LogP contribution in [-0.4, -0.2) is 60.6 Å². The van der Waals surface area contributed by atoms with Gasteiger partial charge in [0.05, 0.1) is 6.61 Å². The van der Waals surface area contributed by atoms with Gasteiger partial charge in [0, 0.05) is 0 Å². The first-order valence-corrected chi connectivity index (χ1v) is 10.0.